The average Bonchev–Trinajstić information content (AvgIpc) is 2.07. The first-order chi connectivity index (χ1) is 6.58. The van der Waals surface area contributed by atoms with Crippen LogP contribution < -0.4 is 0 Å². The van der Waals surface area contributed by atoms with Gasteiger partial charge in [-0.15, -0.1) is 0 Å². The molecule has 78 valence electrons. The standard InChI is InChI=1S/C11H17BrN2/c1-9(2)7-14(3)8-11-5-4-10(12)6-13-11/h4-6,9H,7-8H2,1-3H3. The molecule has 0 unspecified atom stereocenters. The van der Waals surface area contributed by atoms with Gasteiger partial charge >= 0.3 is 0 Å². The lowest BCUT2D eigenvalue weighted by molar-refractivity contribution is 0.285. The van der Waals surface area contributed by atoms with Crippen molar-refractivity contribution >= 4 is 15.9 Å². The normalized spacial score (nSPS) is 11.3. The number of aromatic nitrogens is 1. The maximum Gasteiger partial charge on any atom is 0.0544 e. The fraction of sp³-hybridized carbons (Fsp3) is 0.545. The van der Waals surface area contributed by atoms with E-state index < -0.39 is 0 Å². The lowest BCUT2D eigenvalue weighted by Crippen LogP contribution is -2.23. The molecule has 0 bridgehead atoms. The van der Waals surface area contributed by atoms with Crippen molar-refractivity contribution < 1.29 is 0 Å². The summed E-state index contributed by atoms with van der Waals surface area (Å²) in [5, 5.41) is 0. The Balaban J connectivity index is 2.47. The van der Waals surface area contributed by atoms with Gasteiger partial charge in [0.2, 0.25) is 0 Å². The molecule has 0 aromatic carbocycles. The Morgan fingerprint density at radius 2 is 2.14 bits per heavy atom. The predicted octanol–water partition coefficient (Wildman–Crippen LogP) is 2.93. The van der Waals surface area contributed by atoms with Crippen LogP contribution in [-0.2, 0) is 6.54 Å². The van der Waals surface area contributed by atoms with Crippen molar-refractivity contribution in [2.45, 2.75) is 20.4 Å². The highest BCUT2D eigenvalue weighted by Gasteiger charge is 2.03. The van der Waals surface area contributed by atoms with Gasteiger partial charge in [-0.2, -0.15) is 0 Å². The molecule has 0 radical (unpaired) electrons. The molecule has 0 aliphatic rings. The highest BCUT2D eigenvalue weighted by molar-refractivity contribution is 9.10. The monoisotopic (exact) mass is 256 g/mol. The second-order valence-electron chi connectivity index (χ2n) is 4.06. The Kier molecular flexibility index (Phi) is 4.55. The van der Waals surface area contributed by atoms with E-state index in [9.17, 15) is 0 Å². The number of nitrogens with zero attached hydrogens (tertiary/aromatic N) is 2. The molecule has 0 N–H and O–H groups in total. The molecule has 0 saturated carbocycles. The zero-order chi connectivity index (χ0) is 10.6. The van der Waals surface area contributed by atoms with E-state index >= 15 is 0 Å². The van der Waals surface area contributed by atoms with Crippen LogP contribution in [-0.4, -0.2) is 23.5 Å². The topological polar surface area (TPSA) is 16.1 Å². The summed E-state index contributed by atoms with van der Waals surface area (Å²) in [5.41, 5.74) is 1.12. The number of rotatable bonds is 4. The zero-order valence-electron chi connectivity index (χ0n) is 9.00. The highest BCUT2D eigenvalue weighted by atomic mass is 79.9. The van der Waals surface area contributed by atoms with Gasteiger partial charge in [0.05, 0.1) is 5.69 Å². The summed E-state index contributed by atoms with van der Waals surface area (Å²) in [6, 6.07) is 4.09. The summed E-state index contributed by atoms with van der Waals surface area (Å²) in [6.45, 7) is 6.49. The molecule has 1 heterocycles. The van der Waals surface area contributed by atoms with E-state index in [4.69, 9.17) is 0 Å². The Hall–Kier alpha value is -0.410. The van der Waals surface area contributed by atoms with E-state index in [1.807, 2.05) is 12.3 Å². The van der Waals surface area contributed by atoms with E-state index in [1.54, 1.807) is 0 Å². The van der Waals surface area contributed by atoms with Crippen molar-refractivity contribution in [2.24, 2.45) is 5.92 Å². The van der Waals surface area contributed by atoms with Crippen LogP contribution >= 0.6 is 15.9 Å². The molecule has 1 aromatic heterocycles. The minimum absolute atomic E-state index is 0.704. The van der Waals surface area contributed by atoms with Crippen LogP contribution in [0.3, 0.4) is 0 Å². The van der Waals surface area contributed by atoms with Gasteiger partial charge in [0.1, 0.15) is 0 Å². The molecular formula is C11H17BrN2. The first kappa shape index (κ1) is 11.7. The fourth-order valence-electron chi connectivity index (χ4n) is 1.46. The molecule has 14 heavy (non-hydrogen) atoms. The minimum atomic E-state index is 0.704. The Morgan fingerprint density at radius 1 is 1.43 bits per heavy atom. The van der Waals surface area contributed by atoms with Crippen LogP contribution in [0.4, 0.5) is 0 Å². The molecule has 0 aliphatic carbocycles. The highest BCUT2D eigenvalue weighted by Crippen LogP contribution is 2.09. The average molecular weight is 257 g/mol. The molecule has 3 heteroatoms. The Morgan fingerprint density at radius 3 is 2.64 bits per heavy atom. The lowest BCUT2D eigenvalue weighted by atomic mass is 10.2. The zero-order valence-corrected chi connectivity index (χ0v) is 10.6. The van der Waals surface area contributed by atoms with Crippen molar-refractivity contribution in [1.82, 2.24) is 9.88 Å². The smallest absolute Gasteiger partial charge is 0.0544 e. The van der Waals surface area contributed by atoms with Crippen LogP contribution in [0.1, 0.15) is 19.5 Å². The Bertz CT molecular complexity index is 269. The van der Waals surface area contributed by atoms with E-state index in [0.29, 0.717) is 5.92 Å². The van der Waals surface area contributed by atoms with E-state index in [1.165, 1.54) is 0 Å². The van der Waals surface area contributed by atoms with Crippen LogP contribution in [0.15, 0.2) is 22.8 Å². The Labute approximate surface area is 94.5 Å². The second-order valence-corrected chi connectivity index (χ2v) is 4.97. The van der Waals surface area contributed by atoms with Crippen LogP contribution in [0, 0.1) is 5.92 Å². The summed E-state index contributed by atoms with van der Waals surface area (Å²) in [7, 11) is 2.13. The number of pyridine rings is 1. The maximum absolute atomic E-state index is 4.34. The molecule has 2 nitrogen and oxygen atoms in total. The van der Waals surface area contributed by atoms with E-state index in [2.05, 4.69) is 52.8 Å². The number of hydrogen-bond donors (Lipinski definition) is 0. The van der Waals surface area contributed by atoms with Gasteiger partial charge in [-0.25, -0.2) is 0 Å². The minimum Gasteiger partial charge on any atom is -0.300 e. The van der Waals surface area contributed by atoms with E-state index in [0.717, 1.165) is 23.3 Å². The third-order valence-corrected chi connectivity index (χ3v) is 2.37. The first-order valence-corrected chi connectivity index (χ1v) is 5.66. The molecule has 0 saturated heterocycles. The summed E-state index contributed by atoms with van der Waals surface area (Å²) in [6.07, 6.45) is 1.85. The van der Waals surface area contributed by atoms with Crippen LogP contribution in [0.5, 0.6) is 0 Å². The summed E-state index contributed by atoms with van der Waals surface area (Å²) in [4.78, 5) is 6.63. The second kappa shape index (κ2) is 5.47. The molecule has 0 spiro atoms. The molecular weight excluding hydrogens is 240 g/mol. The third-order valence-electron chi connectivity index (χ3n) is 1.90. The van der Waals surface area contributed by atoms with Crippen molar-refractivity contribution in [2.75, 3.05) is 13.6 Å². The van der Waals surface area contributed by atoms with Gasteiger partial charge in [-0.3, -0.25) is 4.98 Å². The maximum atomic E-state index is 4.34. The molecule has 0 amide bonds. The third kappa shape index (κ3) is 4.20. The molecule has 0 aliphatic heterocycles. The van der Waals surface area contributed by atoms with Crippen molar-refractivity contribution in [1.29, 1.82) is 0 Å². The SMILES string of the molecule is CC(C)CN(C)Cc1ccc(Br)cn1. The van der Waals surface area contributed by atoms with E-state index in [-0.39, 0.29) is 0 Å². The molecule has 1 rings (SSSR count). The van der Waals surface area contributed by atoms with Gasteiger partial charge in [-0.1, -0.05) is 13.8 Å². The number of hydrogen-bond acceptors (Lipinski definition) is 2. The lowest BCUT2D eigenvalue weighted by Gasteiger charge is -2.18. The quantitative estimate of drug-likeness (QED) is 0.824. The van der Waals surface area contributed by atoms with Gasteiger partial charge in [0.25, 0.3) is 0 Å². The van der Waals surface area contributed by atoms with Crippen LogP contribution in [0.2, 0.25) is 0 Å². The summed E-state index contributed by atoms with van der Waals surface area (Å²) < 4.78 is 1.03. The summed E-state index contributed by atoms with van der Waals surface area (Å²) in [5.74, 6) is 0.704. The largest absolute Gasteiger partial charge is 0.300 e. The van der Waals surface area contributed by atoms with Crippen LogP contribution in [0.25, 0.3) is 0 Å². The van der Waals surface area contributed by atoms with Crippen molar-refractivity contribution in [3.05, 3.63) is 28.5 Å². The molecule has 0 fully saturated rings. The van der Waals surface area contributed by atoms with Crippen molar-refractivity contribution in [3.8, 4) is 0 Å². The van der Waals surface area contributed by atoms with Gasteiger partial charge < -0.3 is 4.90 Å². The van der Waals surface area contributed by atoms with Gasteiger partial charge in [-0.05, 0) is 41.0 Å². The van der Waals surface area contributed by atoms with Gasteiger partial charge in [0, 0.05) is 23.8 Å². The first-order valence-electron chi connectivity index (χ1n) is 4.87. The van der Waals surface area contributed by atoms with Crippen molar-refractivity contribution in [3.63, 3.8) is 0 Å². The fourth-order valence-corrected chi connectivity index (χ4v) is 1.70. The van der Waals surface area contributed by atoms with Gasteiger partial charge in [0.15, 0.2) is 0 Å². The number of halogens is 1. The molecule has 0 atom stereocenters. The molecule has 1 aromatic rings. The summed E-state index contributed by atoms with van der Waals surface area (Å²) >= 11 is 3.38. The predicted molar refractivity (Wildman–Crippen MR) is 63.1 cm³/mol.